The van der Waals surface area contributed by atoms with Gasteiger partial charge in [-0.05, 0) is 38.7 Å². The van der Waals surface area contributed by atoms with Gasteiger partial charge in [0, 0.05) is 30.6 Å². The molecule has 0 amide bonds. The summed E-state index contributed by atoms with van der Waals surface area (Å²) in [5, 5.41) is 18.3. The van der Waals surface area contributed by atoms with Crippen molar-refractivity contribution in [3.63, 3.8) is 0 Å². The van der Waals surface area contributed by atoms with E-state index < -0.39 is 0 Å². The highest BCUT2D eigenvalue weighted by atomic mass is 32.1. The average Bonchev–Trinajstić information content (AvgIpc) is 2.95. The molecule has 2 N–H and O–H groups in total. The van der Waals surface area contributed by atoms with Crippen LogP contribution in [-0.2, 0) is 13.0 Å². The minimum atomic E-state index is -0.374. The van der Waals surface area contributed by atoms with Crippen LogP contribution in [0.15, 0.2) is 29.3 Å². The maximum Gasteiger partial charge on any atom is 0.269 e. The van der Waals surface area contributed by atoms with Crippen molar-refractivity contribution in [2.24, 2.45) is 4.99 Å². The van der Waals surface area contributed by atoms with E-state index in [9.17, 15) is 10.1 Å². The number of nitrogens with one attached hydrogen (secondary N) is 2. The first-order valence-electron chi connectivity index (χ1n) is 8.60. The highest BCUT2D eigenvalue weighted by Gasteiger charge is 2.06. The highest BCUT2D eigenvalue weighted by molar-refractivity contribution is 7.11. The summed E-state index contributed by atoms with van der Waals surface area (Å²) >= 11 is 1.70. The molecular formula is C18H25N5O2S. The number of non-ortho nitro benzene ring substituents is 1. The zero-order chi connectivity index (χ0) is 18.9. The van der Waals surface area contributed by atoms with E-state index >= 15 is 0 Å². The topological polar surface area (TPSA) is 92.5 Å². The second-order valence-electron chi connectivity index (χ2n) is 5.97. The van der Waals surface area contributed by atoms with Crippen LogP contribution in [0.4, 0.5) is 5.69 Å². The molecule has 0 radical (unpaired) electrons. The zero-order valence-corrected chi connectivity index (χ0v) is 16.2. The molecule has 2 rings (SSSR count). The number of benzene rings is 1. The molecule has 0 unspecified atom stereocenters. The number of aliphatic imine (C=N–C) groups is 1. The Hall–Kier alpha value is -2.48. The minimum absolute atomic E-state index is 0.136. The Morgan fingerprint density at radius 2 is 1.96 bits per heavy atom. The lowest BCUT2D eigenvalue weighted by molar-refractivity contribution is -0.384. The van der Waals surface area contributed by atoms with Crippen LogP contribution >= 0.6 is 11.3 Å². The fourth-order valence-corrected chi connectivity index (χ4v) is 3.44. The molecule has 1 heterocycles. The predicted octanol–water partition coefficient (Wildman–Crippen LogP) is 3.36. The summed E-state index contributed by atoms with van der Waals surface area (Å²) in [6, 6.07) is 6.77. The molecule has 0 bridgehead atoms. The summed E-state index contributed by atoms with van der Waals surface area (Å²) in [4.78, 5) is 20.2. The molecule has 0 fully saturated rings. The van der Waals surface area contributed by atoms with Crippen LogP contribution < -0.4 is 10.6 Å². The first-order valence-corrected chi connectivity index (χ1v) is 9.42. The highest BCUT2D eigenvalue weighted by Crippen LogP contribution is 2.16. The van der Waals surface area contributed by atoms with E-state index in [2.05, 4.69) is 20.6 Å². The van der Waals surface area contributed by atoms with E-state index in [0.717, 1.165) is 54.6 Å². The van der Waals surface area contributed by atoms with Crippen LogP contribution in [-0.4, -0.2) is 29.5 Å². The molecule has 1 aromatic heterocycles. The van der Waals surface area contributed by atoms with Gasteiger partial charge >= 0.3 is 0 Å². The lowest BCUT2D eigenvalue weighted by Crippen LogP contribution is -2.37. The Balaban J connectivity index is 1.66. The van der Waals surface area contributed by atoms with Crippen LogP contribution in [0.5, 0.6) is 0 Å². The number of hydrogen-bond acceptors (Lipinski definition) is 5. The van der Waals surface area contributed by atoms with Crippen molar-refractivity contribution >= 4 is 23.0 Å². The number of nitrogens with zero attached hydrogens (tertiary/aromatic N) is 3. The van der Waals surface area contributed by atoms with Gasteiger partial charge < -0.3 is 10.6 Å². The van der Waals surface area contributed by atoms with Crippen molar-refractivity contribution in [2.75, 3.05) is 13.6 Å². The van der Waals surface area contributed by atoms with Crippen molar-refractivity contribution < 1.29 is 4.92 Å². The summed E-state index contributed by atoms with van der Waals surface area (Å²) in [6.07, 6.45) is 2.91. The molecule has 0 aliphatic rings. The molecule has 7 nitrogen and oxygen atoms in total. The summed E-state index contributed by atoms with van der Waals surface area (Å²) in [5.74, 6) is 0.783. The third-order valence-corrected chi connectivity index (χ3v) is 5.04. The van der Waals surface area contributed by atoms with Crippen molar-refractivity contribution in [2.45, 2.75) is 39.7 Å². The van der Waals surface area contributed by atoms with Gasteiger partial charge in [0.2, 0.25) is 0 Å². The fraction of sp³-hybridized carbons (Fsp3) is 0.444. The Labute approximate surface area is 157 Å². The molecule has 2 aromatic rings. The Morgan fingerprint density at radius 1 is 1.23 bits per heavy atom. The Bertz CT molecular complexity index is 755. The number of unbranched alkanes of at least 4 members (excludes halogenated alkanes) is 1. The molecule has 0 atom stereocenters. The second kappa shape index (κ2) is 9.86. The minimum Gasteiger partial charge on any atom is -0.356 e. The first-order chi connectivity index (χ1) is 12.5. The van der Waals surface area contributed by atoms with Gasteiger partial charge in [-0.3, -0.25) is 15.1 Å². The van der Waals surface area contributed by atoms with Crippen LogP contribution in [0.2, 0.25) is 0 Å². The summed E-state index contributed by atoms with van der Waals surface area (Å²) in [6.45, 7) is 5.58. The van der Waals surface area contributed by atoms with E-state index in [-0.39, 0.29) is 10.6 Å². The number of aryl methyl sites for hydroxylation is 3. The molecule has 140 valence electrons. The van der Waals surface area contributed by atoms with Gasteiger partial charge in [-0.15, -0.1) is 11.3 Å². The SMILES string of the molecule is CN=C(NCCCCc1ccc([N+](=O)[O-])cc1)NCc1sc(C)nc1C. The smallest absolute Gasteiger partial charge is 0.269 e. The lowest BCUT2D eigenvalue weighted by Gasteiger charge is -2.11. The van der Waals surface area contributed by atoms with Gasteiger partial charge in [0.25, 0.3) is 5.69 Å². The quantitative estimate of drug-likeness (QED) is 0.243. The third-order valence-electron chi connectivity index (χ3n) is 3.97. The van der Waals surface area contributed by atoms with E-state index in [1.165, 1.54) is 4.88 Å². The van der Waals surface area contributed by atoms with E-state index in [1.807, 2.05) is 26.0 Å². The maximum absolute atomic E-state index is 10.6. The Morgan fingerprint density at radius 3 is 2.54 bits per heavy atom. The van der Waals surface area contributed by atoms with Crippen molar-refractivity contribution in [3.8, 4) is 0 Å². The number of nitro groups is 1. The molecule has 0 aliphatic heterocycles. The number of nitro benzene ring substituents is 1. The maximum atomic E-state index is 10.6. The second-order valence-corrected chi connectivity index (χ2v) is 7.26. The van der Waals surface area contributed by atoms with E-state index in [0.29, 0.717) is 0 Å². The summed E-state index contributed by atoms with van der Waals surface area (Å²) in [7, 11) is 1.76. The largest absolute Gasteiger partial charge is 0.356 e. The molecule has 1 aromatic carbocycles. The van der Waals surface area contributed by atoms with Crippen LogP contribution in [0, 0.1) is 24.0 Å². The van der Waals surface area contributed by atoms with E-state index in [1.54, 1.807) is 30.5 Å². The van der Waals surface area contributed by atoms with Crippen LogP contribution in [0.1, 0.15) is 34.0 Å². The Kier molecular flexibility index (Phi) is 7.53. The van der Waals surface area contributed by atoms with Crippen molar-refractivity contribution in [1.29, 1.82) is 0 Å². The van der Waals surface area contributed by atoms with Gasteiger partial charge in [0.1, 0.15) is 0 Å². The molecule has 0 saturated heterocycles. The molecule has 0 saturated carbocycles. The molecule has 0 aliphatic carbocycles. The van der Waals surface area contributed by atoms with Crippen LogP contribution in [0.25, 0.3) is 0 Å². The normalized spacial score (nSPS) is 11.4. The number of rotatable bonds is 8. The van der Waals surface area contributed by atoms with Gasteiger partial charge in [-0.25, -0.2) is 4.98 Å². The molecule has 0 spiro atoms. The number of thiazole rings is 1. The lowest BCUT2D eigenvalue weighted by atomic mass is 10.1. The fourth-order valence-electron chi connectivity index (χ4n) is 2.57. The summed E-state index contributed by atoms with van der Waals surface area (Å²) < 4.78 is 0. The number of guanidine groups is 1. The van der Waals surface area contributed by atoms with Gasteiger partial charge in [-0.2, -0.15) is 0 Å². The standard InChI is InChI=1S/C18H25N5O2S/c1-13-17(26-14(2)22-13)12-21-18(19-3)20-11-5-4-6-15-7-9-16(10-8-15)23(24)25/h7-10H,4-6,11-12H2,1-3H3,(H2,19,20,21). The van der Waals surface area contributed by atoms with Crippen molar-refractivity contribution in [3.05, 3.63) is 55.5 Å². The van der Waals surface area contributed by atoms with Crippen LogP contribution in [0.3, 0.4) is 0 Å². The van der Waals surface area contributed by atoms with Crippen molar-refractivity contribution in [1.82, 2.24) is 15.6 Å². The number of hydrogen-bond donors (Lipinski definition) is 2. The molecule has 8 heteroatoms. The summed E-state index contributed by atoms with van der Waals surface area (Å²) in [5.41, 5.74) is 2.32. The van der Waals surface area contributed by atoms with Gasteiger partial charge in [-0.1, -0.05) is 12.1 Å². The number of aromatic nitrogens is 1. The third kappa shape index (κ3) is 6.11. The monoisotopic (exact) mass is 375 g/mol. The zero-order valence-electron chi connectivity index (χ0n) is 15.4. The van der Waals surface area contributed by atoms with Gasteiger partial charge in [0.05, 0.1) is 22.2 Å². The average molecular weight is 375 g/mol. The predicted molar refractivity (Wildman–Crippen MR) is 106 cm³/mol. The van der Waals surface area contributed by atoms with Gasteiger partial charge in [0.15, 0.2) is 5.96 Å². The molecular weight excluding hydrogens is 350 g/mol. The first kappa shape index (κ1) is 19.8. The van der Waals surface area contributed by atoms with E-state index in [4.69, 9.17) is 0 Å². The molecule has 26 heavy (non-hydrogen) atoms.